The number of nitrogens with two attached hydrogens (primary N) is 1. The van der Waals surface area contributed by atoms with Crippen LogP contribution in [0.4, 0.5) is 5.69 Å². The van der Waals surface area contributed by atoms with E-state index < -0.39 is 0 Å². The Morgan fingerprint density at radius 2 is 2.24 bits per heavy atom. The van der Waals surface area contributed by atoms with Crippen LogP contribution in [-0.2, 0) is 6.54 Å². The second kappa shape index (κ2) is 7.75. The molecule has 0 radical (unpaired) electrons. The molecule has 0 saturated heterocycles. The third-order valence-electron chi connectivity index (χ3n) is 2.85. The van der Waals surface area contributed by atoms with E-state index in [1.54, 1.807) is 5.38 Å². The third-order valence-corrected chi connectivity index (χ3v) is 3.72. The van der Waals surface area contributed by atoms with Crippen molar-refractivity contribution in [3.05, 3.63) is 40.3 Å². The number of aromatic nitrogens is 1. The molecule has 1 aromatic heterocycles. The fraction of sp³-hybridized carbons (Fsp3) is 0.333. The molecule has 2 rings (SSSR count). The second-order valence-electron chi connectivity index (χ2n) is 4.48. The quantitative estimate of drug-likeness (QED) is 0.771. The first-order chi connectivity index (χ1) is 10.2. The number of amides is 1. The van der Waals surface area contributed by atoms with E-state index in [0.717, 1.165) is 17.8 Å². The number of anilines is 1. The Balaban J connectivity index is 2.06. The highest BCUT2D eigenvalue weighted by Crippen LogP contribution is 2.24. The van der Waals surface area contributed by atoms with Gasteiger partial charge in [0.15, 0.2) is 0 Å². The van der Waals surface area contributed by atoms with Crippen molar-refractivity contribution in [2.24, 2.45) is 5.73 Å². The van der Waals surface area contributed by atoms with Crippen LogP contribution in [0, 0.1) is 0 Å². The molecule has 2 aromatic rings. The molecule has 3 N–H and O–H groups in total. The molecule has 0 aliphatic heterocycles. The van der Waals surface area contributed by atoms with Gasteiger partial charge in [-0.05, 0) is 18.6 Å². The summed E-state index contributed by atoms with van der Waals surface area (Å²) < 4.78 is 5.69. The summed E-state index contributed by atoms with van der Waals surface area (Å²) >= 11 is 1.38. The molecule has 0 aliphatic carbocycles. The van der Waals surface area contributed by atoms with Crippen LogP contribution in [0.5, 0.6) is 5.75 Å². The lowest BCUT2D eigenvalue weighted by Gasteiger charge is -2.11. The standard InChI is InChI=1S/C15H19N3O2S/c1-2-3-8-20-13-7-5-4-6-11(13)18-15(19)12-10-21-14(9-16)17-12/h4-7,10H,2-3,8-9,16H2,1H3,(H,18,19). The zero-order valence-corrected chi connectivity index (χ0v) is 12.8. The van der Waals surface area contributed by atoms with E-state index in [-0.39, 0.29) is 5.91 Å². The largest absolute Gasteiger partial charge is 0.491 e. The highest BCUT2D eigenvalue weighted by molar-refractivity contribution is 7.09. The number of rotatable bonds is 7. The zero-order valence-electron chi connectivity index (χ0n) is 12.0. The van der Waals surface area contributed by atoms with Gasteiger partial charge in [0.2, 0.25) is 0 Å². The minimum atomic E-state index is -0.252. The predicted octanol–water partition coefficient (Wildman–Crippen LogP) is 3.03. The average Bonchev–Trinajstić information content (AvgIpc) is 2.98. The Labute approximate surface area is 128 Å². The van der Waals surface area contributed by atoms with Crippen molar-refractivity contribution in [3.63, 3.8) is 0 Å². The van der Waals surface area contributed by atoms with Gasteiger partial charge in [-0.1, -0.05) is 25.5 Å². The van der Waals surface area contributed by atoms with Crippen LogP contribution >= 0.6 is 11.3 Å². The third kappa shape index (κ3) is 4.27. The lowest BCUT2D eigenvalue weighted by molar-refractivity contribution is 0.102. The molecule has 21 heavy (non-hydrogen) atoms. The summed E-state index contributed by atoms with van der Waals surface area (Å²) in [6, 6.07) is 7.40. The van der Waals surface area contributed by atoms with Crippen molar-refractivity contribution in [1.29, 1.82) is 0 Å². The van der Waals surface area contributed by atoms with Crippen LogP contribution in [0.25, 0.3) is 0 Å². The zero-order chi connectivity index (χ0) is 15.1. The molecule has 0 spiro atoms. The number of unbranched alkanes of at least 4 members (excludes halogenated alkanes) is 1. The number of ether oxygens (including phenoxy) is 1. The maximum absolute atomic E-state index is 12.2. The first kappa shape index (κ1) is 15.5. The molecule has 0 saturated carbocycles. The van der Waals surface area contributed by atoms with Gasteiger partial charge in [0.25, 0.3) is 5.91 Å². The van der Waals surface area contributed by atoms with Crippen LogP contribution in [0.1, 0.15) is 35.3 Å². The first-order valence-electron chi connectivity index (χ1n) is 6.92. The number of carbonyl (C=O) groups excluding carboxylic acids is 1. The predicted molar refractivity (Wildman–Crippen MR) is 84.8 cm³/mol. The van der Waals surface area contributed by atoms with E-state index >= 15 is 0 Å². The maximum atomic E-state index is 12.2. The number of benzene rings is 1. The Kier molecular flexibility index (Phi) is 5.71. The van der Waals surface area contributed by atoms with Gasteiger partial charge in [-0.3, -0.25) is 4.79 Å². The Bertz CT molecular complexity index is 598. The van der Waals surface area contributed by atoms with Gasteiger partial charge < -0.3 is 15.8 Å². The van der Waals surface area contributed by atoms with E-state index in [1.807, 2.05) is 24.3 Å². The molecule has 0 bridgehead atoms. The van der Waals surface area contributed by atoms with Gasteiger partial charge in [0, 0.05) is 11.9 Å². The van der Waals surface area contributed by atoms with Crippen molar-refractivity contribution < 1.29 is 9.53 Å². The lowest BCUT2D eigenvalue weighted by Crippen LogP contribution is -2.14. The smallest absolute Gasteiger partial charge is 0.275 e. The number of carbonyl (C=O) groups is 1. The summed E-state index contributed by atoms with van der Waals surface area (Å²) in [6.07, 6.45) is 2.05. The van der Waals surface area contributed by atoms with Crippen LogP contribution in [0.15, 0.2) is 29.6 Å². The summed E-state index contributed by atoms with van der Waals surface area (Å²) in [5.74, 6) is 0.422. The van der Waals surface area contributed by atoms with Gasteiger partial charge >= 0.3 is 0 Å². The SMILES string of the molecule is CCCCOc1ccccc1NC(=O)c1csc(CN)n1. The number of nitrogens with zero attached hydrogens (tertiary/aromatic N) is 1. The normalized spacial score (nSPS) is 10.4. The van der Waals surface area contributed by atoms with E-state index in [1.165, 1.54) is 11.3 Å². The monoisotopic (exact) mass is 305 g/mol. The summed E-state index contributed by atoms with van der Waals surface area (Å²) in [4.78, 5) is 16.3. The molecule has 112 valence electrons. The van der Waals surface area contributed by atoms with Crippen molar-refractivity contribution in [1.82, 2.24) is 4.98 Å². The van der Waals surface area contributed by atoms with Gasteiger partial charge in [0.05, 0.1) is 12.3 Å². The number of para-hydroxylation sites is 2. The number of nitrogens with one attached hydrogen (secondary N) is 1. The minimum Gasteiger partial charge on any atom is -0.491 e. The van der Waals surface area contributed by atoms with Gasteiger partial charge in [-0.2, -0.15) is 0 Å². The molecule has 0 fully saturated rings. The molecule has 1 heterocycles. The van der Waals surface area contributed by atoms with E-state index in [2.05, 4.69) is 17.2 Å². The van der Waals surface area contributed by atoms with Crippen molar-refractivity contribution in [2.75, 3.05) is 11.9 Å². The maximum Gasteiger partial charge on any atom is 0.275 e. The highest BCUT2D eigenvalue weighted by Gasteiger charge is 2.12. The number of hydrogen-bond acceptors (Lipinski definition) is 5. The molecular weight excluding hydrogens is 286 g/mol. The van der Waals surface area contributed by atoms with Crippen LogP contribution in [0.2, 0.25) is 0 Å². The Morgan fingerprint density at radius 3 is 2.95 bits per heavy atom. The van der Waals surface area contributed by atoms with Crippen molar-refractivity contribution >= 4 is 22.9 Å². The summed E-state index contributed by atoms with van der Waals surface area (Å²) in [7, 11) is 0. The van der Waals surface area contributed by atoms with E-state index in [9.17, 15) is 4.79 Å². The fourth-order valence-corrected chi connectivity index (χ4v) is 2.37. The van der Waals surface area contributed by atoms with E-state index in [0.29, 0.717) is 30.3 Å². The van der Waals surface area contributed by atoms with Gasteiger partial charge in [0.1, 0.15) is 16.5 Å². The van der Waals surface area contributed by atoms with Gasteiger partial charge in [-0.15, -0.1) is 11.3 Å². The molecule has 0 unspecified atom stereocenters. The second-order valence-corrected chi connectivity index (χ2v) is 5.43. The Morgan fingerprint density at radius 1 is 1.43 bits per heavy atom. The first-order valence-corrected chi connectivity index (χ1v) is 7.80. The van der Waals surface area contributed by atoms with Gasteiger partial charge in [-0.25, -0.2) is 4.98 Å². The highest BCUT2D eigenvalue weighted by atomic mass is 32.1. The molecule has 6 heteroatoms. The number of hydrogen-bond donors (Lipinski definition) is 2. The number of thiazole rings is 1. The topological polar surface area (TPSA) is 77.2 Å². The van der Waals surface area contributed by atoms with Crippen LogP contribution in [-0.4, -0.2) is 17.5 Å². The van der Waals surface area contributed by atoms with Crippen molar-refractivity contribution in [3.8, 4) is 5.75 Å². The van der Waals surface area contributed by atoms with Crippen molar-refractivity contribution in [2.45, 2.75) is 26.3 Å². The minimum absolute atomic E-state index is 0.252. The Hall–Kier alpha value is -1.92. The fourth-order valence-electron chi connectivity index (χ4n) is 1.72. The van der Waals surface area contributed by atoms with Crippen LogP contribution < -0.4 is 15.8 Å². The molecule has 1 aromatic carbocycles. The average molecular weight is 305 g/mol. The molecule has 1 amide bonds. The molecule has 5 nitrogen and oxygen atoms in total. The van der Waals surface area contributed by atoms with E-state index in [4.69, 9.17) is 10.5 Å². The summed E-state index contributed by atoms with van der Waals surface area (Å²) in [6.45, 7) is 3.08. The molecule has 0 atom stereocenters. The molecular formula is C15H19N3O2S. The van der Waals surface area contributed by atoms with Crippen LogP contribution in [0.3, 0.4) is 0 Å². The summed E-state index contributed by atoms with van der Waals surface area (Å²) in [5.41, 5.74) is 6.54. The summed E-state index contributed by atoms with van der Waals surface area (Å²) in [5, 5.41) is 5.28. The lowest BCUT2D eigenvalue weighted by atomic mass is 10.2. The molecule has 0 aliphatic rings.